The van der Waals surface area contributed by atoms with Crippen LogP contribution in [0.3, 0.4) is 0 Å². The highest BCUT2D eigenvalue weighted by molar-refractivity contribution is 7.80. The number of hydrogen-bond donors (Lipinski definition) is 10. The summed E-state index contributed by atoms with van der Waals surface area (Å²) in [6.45, 7) is 0.159. The number of carboxylic acids is 2. The number of guanidine groups is 1. The molecule has 0 heterocycles. The van der Waals surface area contributed by atoms with E-state index in [0.717, 1.165) is 0 Å². The Bertz CT molecular complexity index is 735. The second kappa shape index (κ2) is 16.0. The summed E-state index contributed by atoms with van der Waals surface area (Å²) in [5.74, 6) is -5.24. The van der Waals surface area contributed by atoms with Gasteiger partial charge >= 0.3 is 11.9 Å². The fourth-order valence-electron chi connectivity index (χ4n) is 2.39. The first-order chi connectivity index (χ1) is 15.4. The van der Waals surface area contributed by atoms with Crippen LogP contribution in [0.5, 0.6) is 0 Å². The molecule has 0 saturated carbocycles. The first-order valence-corrected chi connectivity index (χ1v) is 11.1. The van der Waals surface area contributed by atoms with Gasteiger partial charge in [-0.25, -0.2) is 4.79 Å². The predicted molar refractivity (Wildman–Crippen MR) is 126 cm³/mol. The third kappa shape index (κ3) is 12.8. The van der Waals surface area contributed by atoms with Crippen LogP contribution in [-0.4, -0.2) is 88.1 Å². The van der Waals surface area contributed by atoms with E-state index < -0.39 is 53.8 Å². The van der Waals surface area contributed by atoms with Crippen LogP contribution in [0.25, 0.3) is 0 Å². The van der Waals surface area contributed by atoms with Crippen LogP contribution in [0.4, 0.5) is 0 Å². The lowest BCUT2D eigenvalue weighted by Gasteiger charge is -2.24. The highest BCUT2D eigenvalue weighted by Gasteiger charge is 2.29. The molecule has 3 amide bonds. The van der Waals surface area contributed by atoms with Crippen molar-refractivity contribution < 1.29 is 34.2 Å². The average Bonchev–Trinajstić information content (AvgIpc) is 2.74. The minimum Gasteiger partial charge on any atom is -0.481 e. The van der Waals surface area contributed by atoms with Gasteiger partial charge in [0.25, 0.3) is 0 Å². The molecule has 33 heavy (non-hydrogen) atoms. The SMILES string of the molecule is NC(N)=NCCCC(NC(=O)C(N)CCC(=O)O)C(=O)NC(CS)C(=O)NC(CS)C(=O)O. The molecule has 0 aromatic carbocycles. The molecule has 0 saturated heterocycles. The van der Waals surface area contributed by atoms with Crippen molar-refractivity contribution in [1.82, 2.24) is 16.0 Å². The number of rotatable bonds is 16. The topological polar surface area (TPSA) is 252 Å². The van der Waals surface area contributed by atoms with Crippen LogP contribution in [0, 0.1) is 0 Å². The zero-order chi connectivity index (χ0) is 25.6. The molecule has 0 aliphatic rings. The van der Waals surface area contributed by atoms with Gasteiger partial charge in [0, 0.05) is 24.5 Å². The lowest BCUT2D eigenvalue weighted by molar-refractivity contribution is -0.141. The summed E-state index contributed by atoms with van der Waals surface area (Å²) in [5, 5.41) is 24.8. The standard InChI is InChI=1S/C17H31N7O7S2/c18-8(3-4-12(25)26)13(27)22-9(2-1-5-21-17(19)20)14(28)23-10(6-32)15(29)24-11(7-33)16(30)31/h8-11,32-33H,1-7,18H2,(H,22,27)(H,23,28)(H,24,29)(H,25,26)(H,30,31)(H4,19,20,21). The number of carboxylic acid groups (broad SMARTS) is 2. The number of nitrogens with one attached hydrogen (secondary N) is 3. The Morgan fingerprint density at radius 2 is 1.33 bits per heavy atom. The van der Waals surface area contributed by atoms with Gasteiger partial charge in [-0.05, 0) is 19.3 Å². The Balaban J connectivity index is 5.28. The van der Waals surface area contributed by atoms with Gasteiger partial charge in [0.2, 0.25) is 17.7 Å². The first kappa shape index (κ1) is 30.3. The number of thiol groups is 2. The second-order valence-electron chi connectivity index (χ2n) is 6.87. The van der Waals surface area contributed by atoms with Gasteiger partial charge in [-0.3, -0.25) is 24.2 Å². The monoisotopic (exact) mass is 509 g/mol. The van der Waals surface area contributed by atoms with Crippen molar-refractivity contribution in [2.75, 3.05) is 18.1 Å². The molecule has 0 rings (SSSR count). The van der Waals surface area contributed by atoms with E-state index in [9.17, 15) is 24.0 Å². The highest BCUT2D eigenvalue weighted by Crippen LogP contribution is 2.03. The van der Waals surface area contributed by atoms with E-state index in [-0.39, 0.29) is 49.7 Å². The molecule has 188 valence electrons. The summed E-state index contributed by atoms with van der Waals surface area (Å²) in [6.07, 6.45) is -0.145. The van der Waals surface area contributed by atoms with Gasteiger partial charge in [-0.15, -0.1) is 0 Å². The molecule has 0 fully saturated rings. The molecule has 0 aromatic heterocycles. The zero-order valence-electron chi connectivity index (χ0n) is 17.8. The van der Waals surface area contributed by atoms with Gasteiger partial charge < -0.3 is 43.4 Å². The molecular formula is C17H31N7O7S2. The maximum atomic E-state index is 12.8. The van der Waals surface area contributed by atoms with E-state index in [1.165, 1.54) is 0 Å². The van der Waals surface area contributed by atoms with E-state index >= 15 is 0 Å². The molecular weight excluding hydrogens is 478 g/mol. The average molecular weight is 510 g/mol. The minimum atomic E-state index is -1.30. The van der Waals surface area contributed by atoms with Gasteiger partial charge in [0.05, 0.1) is 6.04 Å². The third-order valence-corrected chi connectivity index (χ3v) is 4.93. The normalized spacial score (nSPS) is 14.2. The van der Waals surface area contributed by atoms with E-state index in [1.807, 2.05) is 0 Å². The number of carbonyl (C=O) groups excluding carboxylic acids is 3. The Morgan fingerprint density at radius 3 is 1.82 bits per heavy atom. The lowest BCUT2D eigenvalue weighted by Crippen LogP contribution is -2.57. The molecule has 16 heteroatoms. The number of hydrogen-bond acceptors (Lipinski definition) is 9. The molecule has 4 unspecified atom stereocenters. The summed E-state index contributed by atoms with van der Waals surface area (Å²) >= 11 is 7.86. The van der Waals surface area contributed by atoms with Crippen LogP contribution in [0.2, 0.25) is 0 Å². The van der Waals surface area contributed by atoms with E-state index in [4.69, 9.17) is 27.4 Å². The Morgan fingerprint density at radius 1 is 0.818 bits per heavy atom. The Labute approximate surface area is 201 Å². The van der Waals surface area contributed by atoms with Crippen molar-refractivity contribution in [2.24, 2.45) is 22.2 Å². The number of amides is 3. The third-order valence-electron chi connectivity index (χ3n) is 4.20. The summed E-state index contributed by atoms with van der Waals surface area (Å²) in [4.78, 5) is 63.0. The van der Waals surface area contributed by atoms with Gasteiger partial charge in [-0.2, -0.15) is 25.3 Å². The summed E-state index contributed by atoms with van der Waals surface area (Å²) < 4.78 is 0. The van der Waals surface area contributed by atoms with Crippen LogP contribution in [0.1, 0.15) is 25.7 Å². The number of nitrogens with zero attached hydrogens (tertiary/aromatic N) is 1. The molecule has 11 N–H and O–H groups in total. The van der Waals surface area contributed by atoms with Crippen molar-refractivity contribution in [3.05, 3.63) is 0 Å². The van der Waals surface area contributed by atoms with Crippen molar-refractivity contribution in [2.45, 2.75) is 49.9 Å². The summed E-state index contributed by atoms with van der Waals surface area (Å²) in [6, 6.07) is -4.81. The van der Waals surface area contributed by atoms with Crippen molar-refractivity contribution in [1.29, 1.82) is 0 Å². The first-order valence-electron chi connectivity index (χ1n) is 9.81. The maximum absolute atomic E-state index is 12.8. The molecule has 0 radical (unpaired) electrons. The molecule has 0 aliphatic carbocycles. The fraction of sp³-hybridized carbons (Fsp3) is 0.647. The van der Waals surface area contributed by atoms with Crippen molar-refractivity contribution in [3.8, 4) is 0 Å². The van der Waals surface area contributed by atoms with E-state index in [2.05, 4.69) is 46.2 Å². The predicted octanol–water partition coefficient (Wildman–Crippen LogP) is -3.37. The minimum absolute atomic E-state index is 0.0648. The molecule has 0 aliphatic heterocycles. The Kier molecular flexibility index (Phi) is 14.7. The van der Waals surface area contributed by atoms with Gasteiger partial charge in [-0.1, -0.05) is 0 Å². The summed E-state index contributed by atoms with van der Waals surface area (Å²) in [5.41, 5.74) is 16.2. The van der Waals surface area contributed by atoms with Crippen molar-refractivity contribution >= 4 is 60.9 Å². The quantitative estimate of drug-likeness (QED) is 0.0427. The molecule has 0 bridgehead atoms. The summed E-state index contributed by atoms with van der Waals surface area (Å²) in [7, 11) is 0. The van der Waals surface area contributed by atoms with Crippen LogP contribution >= 0.6 is 25.3 Å². The number of aliphatic carboxylic acids is 2. The van der Waals surface area contributed by atoms with Gasteiger partial charge in [0.1, 0.15) is 18.1 Å². The van der Waals surface area contributed by atoms with E-state index in [0.29, 0.717) is 0 Å². The number of carbonyl (C=O) groups is 5. The van der Waals surface area contributed by atoms with Crippen LogP contribution in [0.15, 0.2) is 4.99 Å². The molecule has 0 spiro atoms. The van der Waals surface area contributed by atoms with Crippen LogP contribution in [-0.2, 0) is 24.0 Å². The van der Waals surface area contributed by atoms with E-state index in [1.54, 1.807) is 0 Å². The highest BCUT2D eigenvalue weighted by atomic mass is 32.1. The smallest absolute Gasteiger partial charge is 0.327 e. The van der Waals surface area contributed by atoms with Crippen LogP contribution < -0.4 is 33.2 Å². The second-order valence-corrected chi connectivity index (χ2v) is 7.60. The molecule has 14 nitrogen and oxygen atoms in total. The lowest BCUT2D eigenvalue weighted by atomic mass is 10.1. The molecule has 0 aromatic rings. The van der Waals surface area contributed by atoms with Crippen molar-refractivity contribution in [3.63, 3.8) is 0 Å². The zero-order valence-corrected chi connectivity index (χ0v) is 19.6. The molecule has 4 atom stereocenters. The number of aliphatic imine (C=N–C) groups is 1. The fourth-order valence-corrected chi connectivity index (χ4v) is 2.89. The maximum Gasteiger partial charge on any atom is 0.327 e. The number of nitrogens with two attached hydrogens (primary N) is 3. The van der Waals surface area contributed by atoms with Gasteiger partial charge in [0.15, 0.2) is 5.96 Å². The largest absolute Gasteiger partial charge is 0.481 e. The Hall–Kier alpha value is -2.72.